The van der Waals surface area contributed by atoms with Crippen LogP contribution in [0.25, 0.3) is 16.8 Å². The summed E-state index contributed by atoms with van der Waals surface area (Å²) in [5.41, 5.74) is 4.08. The summed E-state index contributed by atoms with van der Waals surface area (Å²) in [4.78, 5) is 28.4. The molecule has 0 saturated carbocycles. The summed E-state index contributed by atoms with van der Waals surface area (Å²) in [6, 6.07) is 14.6. The first kappa shape index (κ1) is 25.5. The van der Waals surface area contributed by atoms with Gasteiger partial charge in [-0.3, -0.25) is 9.59 Å². The highest BCUT2D eigenvalue weighted by atomic mass is 32.2. The van der Waals surface area contributed by atoms with Gasteiger partial charge in [0.15, 0.2) is 5.69 Å². The number of halogens is 3. The Morgan fingerprint density at radius 2 is 1.70 bits per heavy atom. The number of amides is 2. The highest BCUT2D eigenvalue weighted by molar-refractivity contribution is 7.89. The number of nitrogens with one attached hydrogen (secondary N) is 1. The van der Waals surface area contributed by atoms with Gasteiger partial charge in [-0.2, -0.15) is 18.3 Å². The van der Waals surface area contributed by atoms with Crippen molar-refractivity contribution in [1.82, 2.24) is 14.8 Å². The third kappa shape index (κ3) is 5.49. The molecule has 4 aromatic rings. The van der Waals surface area contributed by atoms with Crippen molar-refractivity contribution >= 4 is 27.7 Å². The zero-order chi connectivity index (χ0) is 27.0. The van der Waals surface area contributed by atoms with Gasteiger partial charge in [0.25, 0.3) is 5.91 Å². The number of benzene rings is 2. The van der Waals surface area contributed by atoms with E-state index in [1.54, 1.807) is 6.07 Å². The number of nitrogens with zero attached hydrogens (tertiary/aromatic N) is 3. The highest BCUT2D eigenvalue weighted by Gasteiger charge is 2.36. The van der Waals surface area contributed by atoms with Gasteiger partial charge >= 0.3 is 6.18 Å². The fourth-order valence-corrected chi connectivity index (χ4v) is 4.19. The lowest BCUT2D eigenvalue weighted by atomic mass is 10.1. The van der Waals surface area contributed by atoms with Gasteiger partial charge in [-0.25, -0.2) is 23.2 Å². The number of hydrogen-bond donors (Lipinski definition) is 3. The number of anilines is 1. The average molecular weight is 530 g/mol. The minimum atomic E-state index is -4.85. The zero-order valence-corrected chi connectivity index (χ0v) is 19.4. The molecule has 0 unspecified atom stereocenters. The number of carbonyl (C=O) groups excluding carboxylic acids is 2. The van der Waals surface area contributed by atoms with Crippen LogP contribution in [0.15, 0.2) is 77.8 Å². The molecule has 2 heterocycles. The van der Waals surface area contributed by atoms with Crippen LogP contribution in [-0.2, 0) is 16.2 Å². The van der Waals surface area contributed by atoms with E-state index in [4.69, 9.17) is 10.9 Å². The molecule has 0 aliphatic heterocycles. The van der Waals surface area contributed by atoms with E-state index in [1.165, 1.54) is 60.8 Å². The predicted molar refractivity (Wildman–Crippen MR) is 126 cm³/mol. The Labute approximate surface area is 207 Å². The van der Waals surface area contributed by atoms with Crippen molar-refractivity contribution in [3.8, 4) is 16.8 Å². The smallest absolute Gasteiger partial charge is 0.366 e. The molecule has 0 radical (unpaired) electrons. The van der Waals surface area contributed by atoms with Crippen LogP contribution in [0.2, 0.25) is 0 Å². The fourth-order valence-electron chi connectivity index (χ4n) is 3.43. The number of aromatic nitrogens is 3. The lowest BCUT2D eigenvalue weighted by Gasteiger charge is -2.10. The van der Waals surface area contributed by atoms with Crippen LogP contribution in [0.3, 0.4) is 0 Å². The lowest BCUT2D eigenvalue weighted by molar-refractivity contribution is -0.141. The zero-order valence-electron chi connectivity index (χ0n) is 18.6. The Kier molecular flexibility index (Phi) is 6.54. The molecule has 2 aromatic carbocycles. The van der Waals surface area contributed by atoms with Crippen molar-refractivity contribution in [3.05, 3.63) is 89.9 Å². The summed E-state index contributed by atoms with van der Waals surface area (Å²) in [6.45, 7) is 0. The fraction of sp³-hybridized carbons (Fsp3) is 0.0435. The number of hydrogen-bond acceptors (Lipinski definition) is 6. The summed E-state index contributed by atoms with van der Waals surface area (Å²) in [6.07, 6.45) is -3.58. The molecule has 0 aliphatic carbocycles. The number of rotatable bonds is 6. The molecule has 14 heteroatoms. The predicted octanol–water partition coefficient (Wildman–Crippen LogP) is 2.95. The van der Waals surface area contributed by atoms with Crippen LogP contribution in [0.1, 0.15) is 26.5 Å². The number of alkyl halides is 3. The molecule has 0 bridgehead atoms. The molecule has 0 spiro atoms. The number of primary sulfonamides is 1. The molecule has 2 aromatic heterocycles. The average Bonchev–Trinajstić information content (AvgIpc) is 3.31. The monoisotopic (exact) mass is 530 g/mol. The Balaban J connectivity index is 1.67. The van der Waals surface area contributed by atoms with Crippen LogP contribution < -0.4 is 16.2 Å². The molecule has 2 amide bonds. The minimum absolute atomic E-state index is 0.000131. The third-order valence-corrected chi connectivity index (χ3v) is 6.09. The molecule has 0 fully saturated rings. The topological polar surface area (TPSA) is 163 Å². The maximum absolute atomic E-state index is 13.4. The first-order valence-corrected chi connectivity index (χ1v) is 11.9. The first-order chi connectivity index (χ1) is 17.3. The van der Waals surface area contributed by atoms with Gasteiger partial charge in [0.05, 0.1) is 10.6 Å². The molecule has 37 heavy (non-hydrogen) atoms. The highest BCUT2D eigenvalue weighted by Crippen LogP contribution is 2.30. The van der Waals surface area contributed by atoms with Crippen molar-refractivity contribution in [2.45, 2.75) is 11.1 Å². The van der Waals surface area contributed by atoms with Gasteiger partial charge in [-0.1, -0.05) is 24.3 Å². The molecule has 0 saturated heterocycles. The van der Waals surface area contributed by atoms with E-state index in [0.29, 0.717) is 11.6 Å². The molecule has 190 valence electrons. The molecule has 5 N–H and O–H groups in total. The molecule has 10 nitrogen and oxygen atoms in total. The van der Waals surface area contributed by atoms with E-state index < -0.39 is 39.4 Å². The second kappa shape index (κ2) is 9.48. The minimum Gasteiger partial charge on any atom is -0.366 e. The Bertz CT molecular complexity index is 1620. The van der Waals surface area contributed by atoms with Gasteiger partial charge in [-0.15, -0.1) is 0 Å². The van der Waals surface area contributed by atoms with Crippen LogP contribution in [-0.4, -0.2) is 35.0 Å². The summed E-state index contributed by atoms with van der Waals surface area (Å²) in [5, 5.41) is 11.1. The van der Waals surface area contributed by atoms with E-state index in [2.05, 4.69) is 15.4 Å². The molecule has 0 aliphatic rings. The first-order valence-electron chi connectivity index (χ1n) is 10.3. The van der Waals surface area contributed by atoms with E-state index in [0.717, 1.165) is 4.68 Å². The van der Waals surface area contributed by atoms with Gasteiger partial charge in [0, 0.05) is 29.0 Å². The summed E-state index contributed by atoms with van der Waals surface area (Å²) < 4.78 is 64.6. The summed E-state index contributed by atoms with van der Waals surface area (Å²) >= 11 is 0. The molecular weight excluding hydrogens is 513 g/mol. The number of carbonyl (C=O) groups is 2. The lowest BCUT2D eigenvalue weighted by Crippen LogP contribution is -2.18. The summed E-state index contributed by atoms with van der Waals surface area (Å²) in [7, 11) is -4.02. The molecular formula is C23H17F3N6O4S. The Morgan fingerprint density at radius 1 is 0.973 bits per heavy atom. The molecule has 0 atom stereocenters. The van der Waals surface area contributed by atoms with Crippen LogP contribution in [0.5, 0.6) is 0 Å². The van der Waals surface area contributed by atoms with Crippen molar-refractivity contribution in [2.75, 3.05) is 5.32 Å². The van der Waals surface area contributed by atoms with Gasteiger partial charge in [0.1, 0.15) is 11.5 Å². The second-order valence-electron chi connectivity index (χ2n) is 7.67. The van der Waals surface area contributed by atoms with Crippen LogP contribution in [0, 0.1) is 0 Å². The number of primary amides is 1. The standard InChI is InChI=1S/C23H17F3N6O4S/c24-23(25,26)19-11-17(32(31-19)15-5-3-4-13(10-15)21(27)33)22(34)30-20-9-8-14(12-29-20)16-6-1-2-7-18(16)37(28,35)36/h1-12H,(H2,27,33)(H2,28,35,36)(H,29,30,34). The Hall–Kier alpha value is -4.56. The van der Waals surface area contributed by atoms with Crippen LogP contribution >= 0.6 is 0 Å². The van der Waals surface area contributed by atoms with Crippen molar-refractivity contribution in [1.29, 1.82) is 0 Å². The van der Waals surface area contributed by atoms with E-state index in [9.17, 15) is 31.2 Å². The number of nitrogens with two attached hydrogens (primary N) is 2. The molecule has 4 rings (SSSR count). The normalized spacial score (nSPS) is 11.8. The largest absolute Gasteiger partial charge is 0.435 e. The second-order valence-corrected chi connectivity index (χ2v) is 9.20. The van der Waals surface area contributed by atoms with E-state index in [-0.39, 0.29) is 27.5 Å². The number of sulfonamides is 1. The maximum atomic E-state index is 13.4. The van der Waals surface area contributed by atoms with Crippen molar-refractivity contribution < 1.29 is 31.2 Å². The Morgan fingerprint density at radius 3 is 2.32 bits per heavy atom. The number of pyridine rings is 1. The summed E-state index contributed by atoms with van der Waals surface area (Å²) in [5.74, 6) is -1.82. The van der Waals surface area contributed by atoms with Gasteiger partial charge in [-0.05, 0) is 36.4 Å². The van der Waals surface area contributed by atoms with Gasteiger partial charge < -0.3 is 11.1 Å². The van der Waals surface area contributed by atoms with Crippen molar-refractivity contribution in [3.63, 3.8) is 0 Å². The maximum Gasteiger partial charge on any atom is 0.435 e. The SMILES string of the molecule is NC(=O)c1cccc(-n2nc(C(F)(F)F)cc2C(=O)Nc2ccc(-c3ccccc3S(N)(=O)=O)cn2)c1. The quantitative estimate of drug-likeness (QED) is 0.347. The third-order valence-electron chi connectivity index (χ3n) is 5.12. The van der Waals surface area contributed by atoms with Crippen molar-refractivity contribution in [2.24, 2.45) is 10.9 Å². The van der Waals surface area contributed by atoms with E-state index >= 15 is 0 Å². The van der Waals surface area contributed by atoms with E-state index in [1.807, 2.05) is 0 Å². The van der Waals surface area contributed by atoms with Crippen LogP contribution in [0.4, 0.5) is 19.0 Å². The van der Waals surface area contributed by atoms with Gasteiger partial charge in [0.2, 0.25) is 15.9 Å².